The third-order valence-electron chi connectivity index (χ3n) is 6.96. The second-order valence-corrected chi connectivity index (χ2v) is 12.4. The normalized spacial score (nSPS) is 13.6. The van der Waals surface area contributed by atoms with Crippen LogP contribution in [0.25, 0.3) is 10.2 Å². The molecule has 0 fully saturated rings. The van der Waals surface area contributed by atoms with Crippen molar-refractivity contribution in [1.29, 1.82) is 0 Å². The Bertz CT molecular complexity index is 1790. The average Bonchev–Trinajstić information content (AvgIpc) is 3.43. The van der Waals surface area contributed by atoms with Crippen LogP contribution in [0.5, 0.6) is 5.75 Å². The number of thiazole rings is 1. The number of benzene rings is 3. The van der Waals surface area contributed by atoms with Crippen molar-refractivity contribution in [3.8, 4) is 5.75 Å². The molecule has 0 saturated heterocycles. The number of amides is 1. The van der Waals surface area contributed by atoms with Crippen molar-refractivity contribution in [2.24, 2.45) is 0 Å². The van der Waals surface area contributed by atoms with Crippen LogP contribution >= 0.6 is 11.3 Å². The van der Waals surface area contributed by atoms with Crippen LogP contribution in [0.2, 0.25) is 0 Å². The van der Waals surface area contributed by atoms with Gasteiger partial charge in [-0.3, -0.25) is 14.7 Å². The molecule has 0 saturated carbocycles. The molecule has 0 atom stereocenters. The Morgan fingerprint density at radius 2 is 1.82 bits per heavy atom. The van der Waals surface area contributed by atoms with Crippen molar-refractivity contribution < 1.29 is 17.9 Å². The number of hydrogen-bond donors (Lipinski definition) is 0. The fraction of sp³-hybridized carbons (Fsp3) is 0.167. The number of sulfonamides is 1. The van der Waals surface area contributed by atoms with Gasteiger partial charge in [0.2, 0.25) is 10.0 Å². The second-order valence-electron chi connectivity index (χ2n) is 9.46. The van der Waals surface area contributed by atoms with Gasteiger partial charge in [0.15, 0.2) is 5.13 Å². The monoisotopic (exact) mass is 570 g/mol. The molecule has 3 heterocycles. The van der Waals surface area contributed by atoms with Gasteiger partial charge in [0.05, 0.1) is 28.8 Å². The first-order valence-corrected chi connectivity index (χ1v) is 15.0. The van der Waals surface area contributed by atoms with Crippen molar-refractivity contribution in [1.82, 2.24) is 14.3 Å². The van der Waals surface area contributed by atoms with E-state index in [0.717, 1.165) is 21.3 Å². The van der Waals surface area contributed by atoms with Crippen LogP contribution in [0.15, 0.2) is 96.2 Å². The van der Waals surface area contributed by atoms with E-state index in [4.69, 9.17) is 9.72 Å². The number of rotatable bonds is 7. The van der Waals surface area contributed by atoms with Crippen LogP contribution in [0.1, 0.15) is 27.0 Å². The van der Waals surface area contributed by atoms with Crippen LogP contribution in [0, 0.1) is 0 Å². The zero-order chi connectivity index (χ0) is 27.7. The zero-order valence-electron chi connectivity index (χ0n) is 21.7. The Hall–Kier alpha value is -4.12. The molecule has 0 unspecified atom stereocenters. The molecular formula is C30H26N4O4S2. The van der Waals surface area contributed by atoms with Crippen molar-refractivity contribution in [2.75, 3.05) is 18.6 Å². The van der Waals surface area contributed by atoms with Gasteiger partial charge in [-0.2, -0.15) is 4.31 Å². The fourth-order valence-corrected chi connectivity index (χ4v) is 7.20. The van der Waals surface area contributed by atoms with Gasteiger partial charge in [-0.25, -0.2) is 13.4 Å². The maximum absolute atomic E-state index is 13.8. The minimum atomic E-state index is -3.71. The molecule has 1 amide bonds. The molecule has 1 aliphatic heterocycles. The van der Waals surface area contributed by atoms with Gasteiger partial charge in [0.25, 0.3) is 5.91 Å². The first-order valence-electron chi connectivity index (χ1n) is 12.7. The number of methoxy groups -OCH3 is 1. The topological polar surface area (TPSA) is 92.7 Å². The Balaban J connectivity index is 1.29. The maximum Gasteiger partial charge on any atom is 0.260 e. The molecule has 0 radical (unpaired) electrons. The predicted molar refractivity (Wildman–Crippen MR) is 155 cm³/mol. The van der Waals surface area contributed by atoms with E-state index in [9.17, 15) is 13.2 Å². The third-order valence-corrected chi connectivity index (χ3v) is 9.86. The van der Waals surface area contributed by atoms with E-state index in [2.05, 4.69) is 4.98 Å². The summed E-state index contributed by atoms with van der Waals surface area (Å²) in [7, 11) is -2.11. The van der Waals surface area contributed by atoms with Crippen LogP contribution in [-0.2, 0) is 29.5 Å². The summed E-state index contributed by atoms with van der Waals surface area (Å²) in [5, 5.41) is 0.529. The van der Waals surface area contributed by atoms with Crippen molar-refractivity contribution in [3.05, 3.63) is 114 Å². The molecular weight excluding hydrogens is 544 g/mol. The number of fused-ring (bicyclic) bond motifs is 2. The number of pyridine rings is 1. The number of hydrogen-bond acceptors (Lipinski definition) is 7. The second kappa shape index (κ2) is 10.8. The molecule has 8 nitrogen and oxygen atoms in total. The minimum Gasteiger partial charge on any atom is -0.497 e. The summed E-state index contributed by atoms with van der Waals surface area (Å²) < 4.78 is 34.6. The molecule has 5 aromatic rings. The molecule has 0 N–H and O–H groups in total. The molecule has 1 aliphatic rings. The van der Waals surface area contributed by atoms with Crippen molar-refractivity contribution in [3.63, 3.8) is 0 Å². The maximum atomic E-state index is 13.8. The summed E-state index contributed by atoms with van der Waals surface area (Å²) in [4.78, 5) is 24.5. The molecule has 40 heavy (non-hydrogen) atoms. The lowest BCUT2D eigenvalue weighted by Crippen LogP contribution is -2.36. The van der Waals surface area contributed by atoms with Crippen molar-refractivity contribution in [2.45, 2.75) is 24.4 Å². The van der Waals surface area contributed by atoms with Crippen molar-refractivity contribution >= 4 is 42.6 Å². The molecule has 3 aromatic carbocycles. The van der Waals surface area contributed by atoms with E-state index in [0.29, 0.717) is 36.0 Å². The highest BCUT2D eigenvalue weighted by atomic mass is 32.2. The Kier molecular flexibility index (Phi) is 7.05. The van der Waals surface area contributed by atoms with Crippen LogP contribution in [0.3, 0.4) is 0 Å². The predicted octanol–water partition coefficient (Wildman–Crippen LogP) is 5.29. The fourth-order valence-electron chi connectivity index (χ4n) is 4.79. The highest BCUT2D eigenvalue weighted by Crippen LogP contribution is 2.33. The molecule has 10 heteroatoms. The summed E-state index contributed by atoms with van der Waals surface area (Å²) in [6, 6.07) is 23.4. The van der Waals surface area contributed by atoms with E-state index >= 15 is 0 Å². The summed E-state index contributed by atoms with van der Waals surface area (Å²) >= 11 is 1.39. The first-order chi connectivity index (χ1) is 19.4. The van der Waals surface area contributed by atoms with Gasteiger partial charge in [-0.15, -0.1) is 0 Å². The zero-order valence-corrected chi connectivity index (χ0v) is 23.4. The summed E-state index contributed by atoms with van der Waals surface area (Å²) in [5.74, 6) is 0.424. The minimum absolute atomic E-state index is 0.161. The number of carbonyl (C=O) groups excluding carboxylic acids is 1. The number of aromatic nitrogens is 2. The SMILES string of the molecule is COc1ccc2nc(N(Cc3cccnc3)C(=O)c3ccc(S(=O)(=O)N4CCc5ccccc5C4)cc3)sc2c1. The quantitative estimate of drug-likeness (QED) is 0.264. The van der Waals surface area contributed by atoms with Crippen LogP contribution in [0.4, 0.5) is 5.13 Å². The number of carbonyl (C=O) groups is 1. The van der Waals surface area contributed by atoms with E-state index in [1.807, 2.05) is 54.6 Å². The Morgan fingerprint density at radius 3 is 2.58 bits per heavy atom. The van der Waals surface area contributed by atoms with E-state index in [1.54, 1.807) is 36.5 Å². The number of anilines is 1. The highest BCUT2D eigenvalue weighted by molar-refractivity contribution is 7.89. The van der Waals surface area contributed by atoms with Gasteiger partial charge in [-0.05, 0) is 71.6 Å². The largest absolute Gasteiger partial charge is 0.497 e. The Labute approximate surface area is 236 Å². The number of ether oxygens (including phenoxy) is 1. The van der Waals surface area contributed by atoms with E-state index < -0.39 is 10.0 Å². The highest BCUT2D eigenvalue weighted by Gasteiger charge is 2.29. The van der Waals surface area contributed by atoms with Gasteiger partial charge >= 0.3 is 0 Å². The van der Waals surface area contributed by atoms with Gasteiger partial charge in [-0.1, -0.05) is 41.7 Å². The van der Waals surface area contributed by atoms with E-state index in [-0.39, 0.29) is 17.3 Å². The average molecular weight is 571 g/mol. The first kappa shape index (κ1) is 26.1. The van der Waals surface area contributed by atoms with E-state index in [1.165, 1.54) is 33.3 Å². The van der Waals surface area contributed by atoms with Gasteiger partial charge in [0.1, 0.15) is 5.75 Å². The summed E-state index contributed by atoms with van der Waals surface area (Å²) in [5.41, 5.74) is 4.16. The lowest BCUT2D eigenvalue weighted by molar-refractivity contribution is 0.0985. The van der Waals surface area contributed by atoms with Crippen LogP contribution in [-0.4, -0.2) is 42.3 Å². The molecule has 202 valence electrons. The standard InChI is InChI=1S/C30H26N4O4S2/c1-38-25-10-13-27-28(17-25)39-30(32-27)34(19-21-5-4-15-31-18-21)29(35)23-8-11-26(12-9-23)40(36,37)33-16-14-22-6-2-3-7-24(22)20-33/h2-13,15,17-18H,14,16,19-20H2,1H3. The number of nitrogens with zero attached hydrogens (tertiary/aromatic N) is 4. The molecule has 0 aliphatic carbocycles. The molecule has 2 aromatic heterocycles. The molecule has 6 rings (SSSR count). The molecule has 0 spiro atoms. The Morgan fingerprint density at radius 1 is 1.02 bits per heavy atom. The molecule has 0 bridgehead atoms. The smallest absolute Gasteiger partial charge is 0.260 e. The van der Waals surface area contributed by atoms with Gasteiger partial charge in [0, 0.05) is 31.0 Å². The summed E-state index contributed by atoms with van der Waals surface area (Å²) in [6.07, 6.45) is 4.06. The lowest BCUT2D eigenvalue weighted by atomic mass is 10.0. The summed E-state index contributed by atoms with van der Waals surface area (Å²) in [6.45, 7) is 1.01. The van der Waals surface area contributed by atoms with Crippen LogP contribution < -0.4 is 9.64 Å². The third kappa shape index (κ3) is 5.08. The van der Waals surface area contributed by atoms with Gasteiger partial charge < -0.3 is 4.74 Å². The lowest BCUT2D eigenvalue weighted by Gasteiger charge is -2.28.